The monoisotopic (exact) mass is 849 g/mol. The SMILES string of the molecule is CCCC[C@H](CC1(C[C@@H](CCCC)C(=O)N[C@@H](CC(C)C)C(=O)N[C@@H](Cc2ccccc2)C(=O)OC)CO1)C(=O)N[C@@H](CC(C)C)C(=O)N[C@@H](Cc1ccccc1)C(=O)OC. The van der Waals surface area contributed by atoms with Gasteiger partial charge in [0.15, 0.2) is 0 Å². The highest BCUT2D eigenvalue weighted by atomic mass is 16.6. The van der Waals surface area contributed by atoms with E-state index in [0.29, 0.717) is 45.1 Å². The average Bonchev–Trinajstić information content (AvgIpc) is 4.01. The smallest absolute Gasteiger partial charge is 0.328 e. The fraction of sp³-hybridized carbons (Fsp3) is 0.625. The van der Waals surface area contributed by atoms with Gasteiger partial charge in [0, 0.05) is 24.7 Å². The highest BCUT2D eigenvalue weighted by Crippen LogP contribution is 2.42. The zero-order chi connectivity index (χ0) is 45.0. The van der Waals surface area contributed by atoms with Gasteiger partial charge in [-0.25, -0.2) is 9.59 Å². The molecule has 2 aromatic rings. The lowest BCUT2D eigenvalue weighted by Crippen LogP contribution is -2.54. The highest BCUT2D eigenvalue weighted by molar-refractivity contribution is 5.92. The average molecular weight is 849 g/mol. The Kier molecular flexibility index (Phi) is 21.4. The maximum Gasteiger partial charge on any atom is 0.328 e. The lowest BCUT2D eigenvalue weighted by atomic mass is 9.82. The molecule has 1 saturated heterocycles. The molecule has 61 heavy (non-hydrogen) atoms. The van der Waals surface area contributed by atoms with Crippen molar-refractivity contribution < 1.29 is 43.0 Å². The summed E-state index contributed by atoms with van der Waals surface area (Å²) in [4.78, 5) is 81.7. The van der Waals surface area contributed by atoms with Crippen LogP contribution in [-0.2, 0) is 55.8 Å². The number of hydrogen-bond donors (Lipinski definition) is 4. The molecular weight excluding hydrogens is 777 g/mol. The van der Waals surface area contributed by atoms with Crippen molar-refractivity contribution in [1.82, 2.24) is 21.3 Å². The van der Waals surface area contributed by atoms with E-state index in [1.165, 1.54) is 14.2 Å². The van der Waals surface area contributed by atoms with Crippen LogP contribution in [0, 0.1) is 23.7 Å². The Balaban J connectivity index is 1.78. The van der Waals surface area contributed by atoms with Crippen molar-refractivity contribution in [3.8, 4) is 0 Å². The molecule has 0 aliphatic carbocycles. The maximum absolute atomic E-state index is 14.2. The predicted octanol–water partition coefficient (Wildman–Crippen LogP) is 6.01. The minimum atomic E-state index is -0.938. The predicted molar refractivity (Wildman–Crippen MR) is 235 cm³/mol. The summed E-state index contributed by atoms with van der Waals surface area (Å²) in [5.74, 6) is -3.52. The fourth-order valence-corrected chi connectivity index (χ4v) is 7.77. The molecule has 0 aromatic heterocycles. The molecule has 4 N–H and O–H groups in total. The fourth-order valence-electron chi connectivity index (χ4n) is 7.77. The molecule has 1 fully saturated rings. The van der Waals surface area contributed by atoms with E-state index in [1.807, 2.05) is 88.4 Å². The van der Waals surface area contributed by atoms with Crippen molar-refractivity contribution >= 4 is 35.6 Å². The van der Waals surface area contributed by atoms with Gasteiger partial charge < -0.3 is 35.5 Å². The van der Waals surface area contributed by atoms with Gasteiger partial charge in [0.2, 0.25) is 23.6 Å². The van der Waals surface area contributed by atoms with Crippen LogP contribution in [0.3, 0.4) is 0 Å². The minimum Gasteiger partial charge on any atom is -0.467 e. The number of hydrogen-bond acceptors (Lipinski definition) is 9. The van der Waals surface area contributed by atoms with E-state index in [9.17, 15) is 28.8 Å². The molecule has 0 unspecified atom stereocenters. The Bertz CT molecular complexity index is 1560. The number of carbonyl (C=O) groups is 6. The highest BCUT2D eigenvalue weighted by Gasteiger charge is 2.50. The molecule has 1 aliphatic rings. The van der Waals surface area contributed by atoms with E-state index < -0.39 is 65.4 Å². The third-order valence-electron chi connectivity index (χ3n) is 11.2. The van der Waals surface area contributed by atoms with Gasteiger partial charge in [-0.15, -0.1) is 0 Å². The summed E-state index contributed by atoms with van der Waals surface area (Å²) < 4.78 is 16.2. The Morgan fingerprint density at radius 3 is 1.21 bits per heavy atom. The van der Waals surface area contributed by atoms with Crippen molar-refractivity contribution in [3.63, 3.8) is 0 Å². The van der Waals surface area contributed by atoms with Crippen LogP contribution in [0.5, 0.6) is 0 Å². The molecule has 0 spiro atoms. The number of ether oxygens (including phenoxy) is 3. The summed E-state index contributed by atoms with van der Waals surface area (Å²) in [6.07, 6.45) is 6.30. The van der Waals surface area contributed by atoms with Crippen LogP contribution in [0.4, 0.5) is 0 Å². The summed E-state index contributed by atoms with van der Waals surface area (Å²) in [5, 5.41) is 11.7. The first kappa shape index (κ1) is 50.6. The number of esters is 2. The largest absolute Gasteiger partial charge is 0.467 e. The third kappa shape index (κ3) is 17.6. The minimum absolute atomic E-state index is 0.0589. The van der Waals surface area contributed by atoms with Crippen LogP contribution in [0.2, 0.25) is 0 Å². The Morgan fingerprint density at radius 2 is 0.918 bits per heavy atom. The lowest BCUT2D eigenvalue weighted by molar-refractivity contribution is -0.145. The summed E-state index contributed by atoms with van der Waals surface area (Å²) in [5.41, 5.74) is 0.981. The standard InChI is InChI=1S/C48H72N4O9/c1-9-11-23-36(42(53)49-38(25-32(3)4)44(55)51-40(46(57)59-7)27-34-19-15-13-16-20-34)29-48(31-61-48)30-37(24-12-10-2)43(54)50-39(26-33(5)6)45(56)52-41(47(58)60-8)28-35-21-17-14-18-22-35/h13-22,32-33,36-41H,9-12,23-31H2,1-8H3,(H,49,53)(H,50,54)(H,51,55)(H,52,56)/t36-,37-,38+,39+,40+,41+/m1/s1. The number of unbranched alkanes of at least 4 members (excludes halogenated alkanes) is 2. The molecule has 1 aliphatic heterocycles. The second-order valence-electron chi connectivity index (χ2n) is 17.5. The Labute approximate surface area is 363 Å². The molecule has 4 amide bonds. The number of epoxide rings is 1. The van der Waals surface area contributed by atoms with Crippen molar-refractivity contribution in [3.05, 3.63) is 71.8 Å². The van der Waals surface area contributed by atoms with Crippen LogP contribution in [-0.4, -0.2) is 86.2 Å². The molecule has 0 radical (unpaired) electrons. The molecule has 0 bridgehead atoms. The van der Waals surface area contributed by atoms with Gasteiger partial charge in [0.05, 0.1) is 26.4 Å². The van der Waals surface area contributed by atoms with Gasteiger partial charge in [-0.05, 0) is 61.5 Å². The number of methoxy groups -OCH3 is 2. The molecule has 1 heterocycles. The van der Waals surface area contributed by atoms with Crippen LogP contribution >= 0.6 is 0 Å². The first-order valence-electron chi connectivity index (χ1n) is 22.2. The van der Waals surface area contributed by atoms with Gasteiger partial charge in [0.25, 0.3) is 0 Å². The van der Waals surface area contributed by atoms with Gasteiger partial charge in [-0.2, -0.15) is 0 Å². The summed E-state index contributed by atoms with van der Waals surface area (Å²) in [7, 11) is 2.56. The van der Waals surface area contributed by atoms with Gasteiger partial charge in [-0.3, -0.25) is 19.2 Å². The zero-order valence-corrected chi connectivity index (χ0v) is 37.8. The first-order valence-corrected chi connectivity index (χ1v) is 22.2. The topological polar surface area (TPSA) is 182 Å². The van der Waals surface area contributed by atoms with Crippen molar-refractivity contribution in [1.29, 1.82) is 0 Å². The van der Waals surface area contributed by atoms with Crippen LogP contribution in [0.15, 0.2) is 60.7 Å². The summed E-state index contributed by atoms with van der Waals surface area (Å²) in [6.45, 7) is 12.4. The van der Waals surface area contributed by atoms with E-state index in [0.717, 1.165) is 36.8 Å². The van der Waals surface area contributed by atoms with E-state index >= 15 is 0 Å². The number of rotatable bonds is 28. The van der Waals surface area contributed by atoms with Crippen molar-refractivity contribution in [2.75, 3.05) is 20.8 Å². The second kappa shape index (κ2) is 25.9. The van der Waals surface area contributed by atoms with Gasteiger partial charge in [-0.1, -0.05) is 128 Å². The first-order chi connectivity index (χ1) is 29.1. The van der Waals surface area contributed by atoms with E-state index in [4.69, 9.17) is 14.2 Å². The van der Waals surface area contributed by atoms with Crippen LogP contribution < -0.4 is 21.3 Å². The number of amides is 4. The Hall–Kier alpha value is -4.78. The van der Waals surface area contributed by atoms with E-state index in [-0.39, 0.29) is 36.5 Å². The molecular formula is C48H72N4O9. The van der Waals surface area contributed by atoms with Crippen LogP contribution in [0.25, 0.3) is 0 Å². The number of carbonyl (C=O) groups excluding carboxylic acids is 6. The molecule has 2 aromatic carbocycles. The van der Waals surface area contributed by atoms with Gasteiger partial charge in [0.1, 0.15) is 24.2 Å². The van der Waals surface area contributed by atoms with Crippen molar-refractivity contribution in [2.45, 2.75) is 148 Å². The number of benzene rings is 2. The third-order valence-corrected chi connectivity index (χ3v) is 11.2. The zero-order valence-electron chi connectivity index (χ0n) is 37.8. The quantitative estimate of drug-likeness (QED) is 0.0589. The van der Waals surface area contributed by atoms with E-state index in [2.05, 4.69) is 35.1 Å². The molecule has 0 saturated carbocycles. The second-order valence-corrected chi connectivity index (χ2v) is 17.5. The van der Waals surface area contributed by atoms with Crippen LogP contribution in [0.1, 0.15) is 117 Å². The van der Waals surface area contributed by atoms with Gasteiger partial charge >= 0.3 is 11.9 Å². The lowest BCUT2D eigenvalue weighted by Gasteiger charge is -2.28. The summed E-state index contributed by atoms with van der Waals surface area (Å²) >= 11 is 0. The maximum atomic E-state index is 14.2. The molecule has 13 nitrogen and oxygen atoms in total. The normalized spacial score (nSPS) is 16.0. The molecule has 3 rings (SSSR count). The molecule has 13 heteroatoms. The summed E-state index contributed by atoms with van der Waals surface area (Å²) in [6, 6.07) is 15.0. The Morgan fingerprint density at radius 1 is 0.574 bits per heavy atom. The molecule has 338 valence electrons. The molecule has 6 atom stereocenters. The number of nitrogens with one attached hydrogen (secondary N) is 4. The van der Waals surface area contributed by atoms with Crippen molar-refractivity contribution in [2.24, 2.45) is 23.7 Å². The van der Waals surface area contributed by atoms with E-state index in [1.54, 1.807) is 0 Å².